The molecule has 624 valence electrons. The van der Waals surface area contributed by atoms with Gasteiger partial charge in [0.05, 0.1) is 32.8 Å². The lowest BCUT2D eigenvalue weighted by Gasteiger charge is -2.21. The first-order chi connectivity index (χ1) is 53.7. The number of carbonyl (C=O) groups is 4. The maximum atomic E-state index is 13.1. The maximum absolute atomic E-state index is 13.1. The Balaban J connectivity index is 5.50. The van der Waals surface area contributed by atoms with E-state index in [1.165, 1.54) is 38.5 Å². The standard InChI is InChI=1S/C91H148O17P2/c1-5-9-13-17-21-25-29-33-37-40-42-45-49-52-56-60-64-68-72-76-89(94)102-82-87(108-91(96)78-74-70-66-62-58-54-50-46-43-41-38-34-30-26-22-18-14-10-6-2)84-106-110(99,100)104-80-85(92)79-103-109(97,98)105-83-86(107-90(95)77-73-69-65-61-57-53-47-36-32-28-24-20-16-12-8-4)81-101-88(93)75-71-67-63-59-55-51-48-44-39-35-31-27-23-19-15-11-7-3/h11-12,15-16,21-28,33-39,42-43,45-48,51,57,61,69,73,85-87,92H,5-10,13-14,17-20,29-32,40-41,44,49-50,52-56,58-60,62-68,70-72,74-84H2,1-4H3,(H,97,98)(H,99,100)/b15-11-,16-12-,25-21-,26-22-,27-23-,28-24-,37-33-,38-34-,39-35-,45-42-,46-43-,47-36-,51-48-,61-57-,73-69-. The molecule has 0 amide bonds. The lowest BCUT2D eigenvalue weighted by molar-refractivity contribution is -0.161. The van der Waals surface area contributed by atoms with Crippen LogP contribution in [0.4, 0.5) is 0 Å². The number of hydrogen-bond donors (Lipinski definition) is 3. The molecule has 0 fully saturated rings. The number of phosphoric acid groups is 2. The van der Waals surface area contributed by atoms with Crippen LogP contribution in [0, 0.1) is 0 Å². The van der Waals surface area contributed by atoms with Gasteiger partial charge in [-0.3, -0.25) is 37.3 Å². The number of rotatable bonds is 77. The topological polar surface area (TPSA) is 237 Å². The van der Waals surface area contributed by atoms with E-state index in [9.17, 15) is 43.2 Å². The van der Waals surface area contributed by atoms with Crippen LogP contribution < -0.4 is 0 Å². The van der Waals surface area contributed by atoms with Crippen LogP contribution in [0.3, 0.4) is 0 Å². The van der Waals surface area contributed by atoms with Crippen LogP contribution in [0.1, 0.15) is 310 Å². The van der Waals surface area contributed by atoms with Gasteiger partial charge in [0.25, 0.3) is 0 Å². The van der Waals surface area contributed by atoms with E-state index in [4.69, 9.17) is 37.0 Å². The van der Waals surface area contributed by atoms with Gasteiger partial charge < -0.3 is 33.8 Å². The number of aliphatic hydroxyl groups excluding tert-OH is 1. The van der Waals surface area contributed by atoms with Crippen LogP contribution in [0.2, 0.25) is 0 Å². The normalized spacial score (nSPS) is 14.7. The van der Waals surface area contributed by atoms with Crippen LogP contribution in [-0.2, 0) is 65.4 Å². The monoisotopic (exact) mass is 1580 g/mol. The second-order valence-electron chi connectivity index (χ2n) is 27.3. The first-order valence-corrected chi connectivity index (χ1v) is 45.0. The summed E-state index contributed by atoms with van der Waals surface area (Å²) in [5.74, 6) is -2.39. The predicted molar refractivity (Wildman–Crippen MR) is 454 cm³/mol. The summed E-state index contributed by atoms with van der Waals surface area (Å²) in [7, 11) is -10.0. The fraction of sp³-hybridized carbons (Fsp3) is 0.626. The van der Waals surface area contributed by atoms with E-state index in [-0.39, 0.29) is 25.7 Å². The highest BCUT2D eigenvalue weighted by Gasteiger charge is 2.30. The average molecular weight is 1580 g/mol. The van der Waals surface area contributed by atoms with E-state index in [1.54, 1.807) is 12.2 Å². The van der Waals surface area contributed by atoms with Crippen molar-refractivity contribution in [1.29, 1.82) is 0 Å². The Morgan fingerprint density at radius 1 is 0.273 bits per heavy atom. The third kappa shape index (κ3) is 80.2. The van der Waals surface area contributed by atoms with Gasteiger partial charge in [-0.15, -0.1) is 0 Å². The minimum atomic E-state index is -5.02. The van der Waals surface area contributed by atoms with E-state index in [1.807, 2.05) is 12.2 Å². The summed E-state index contributed by atoms with van der Waals surface area (Å²) in [6.07, 6.45) is 98.8. The minimum Gasteiger partial charge on any atom is -0.462 e. The Labute approximate surface area is 666 Å². The summed E-state index contributed by atoms with van der Waals surface area (Å²) in [5.41, 5.74) is 0. The number of phosphoric ester groups is 2. The lowest BCUT2D eigenvalue weighted by atomic mass is 10.1. The van der Waals surface area contributed by atoms with E-state index < -0.39 is 97.5 Å². The number of esters is 4. The molecule has 0 saturated carbocycles. The molecule has 0 aromatic rings. The van der Waals surface area contributed by atoms with Crippen molar-refractivity contribution in [3.63, 3.8) is 0 Å². The number of unbranched alkanes of at least 4 members (excludes halogenated alkanes) is 22. The summed E-state index contributed by atoms with van der Waals surface area (Å²) in [4.78, 5) is 73.2. The molecule has 0 aromatic heterocycles. The molecule has 0 radical (unpaired) electrons. The minimum absolute atomic E-state index is 0.0681. The van der Waals surface area contributed by atoms with Crippen molar-refractivity contribution in [1.82, 2.24) is 0 Å². The molecule has 5 atom stereocenters. The van der Waals surface area contributed by atoms with Gasteiger partial charge in [0.1, 0.15) is 19.3 Å². The third-order valence-corrected chi connectivity index (χ3v) is 18.8. The quantitative estimate of drug-likeness (QED) is 0.0169. The molecule has 0 saturated heterocycles. The summed E-state index contributed by atoms with van der Waals surface area (Å²) in [6, 6.07) is 0. The van der Waals surface area contributed by atoms with Gasteiger partial charge in [0, 0.05) is 19.3 Å². The van der Waals surface area contributed by atoms with E-state index in [0.717, 1.165) is 193 Å². The molecular weight excluding hydrogens is 1430 g/mol. The first kappa shape index (κ1) is 104. The second-order valence-corrected chi connectivity index (χ2v) is 30.2. The number of hydrogen-bond acceptors (Lipinski definition) is 15. The lowest BCUT2D eigenvalue weighted by Crippen LogP contribution is -2.30. The largest absolute Gasteiger partial charge is 0.472 e. The van der Waals surface area contributed by atoms with Crippen molar-refractivity contribution < 1.29 is 80.2 Å². The molecular formula is C91H148O17P2. The highest BCUT2D eigenvalue weighted by atomic mass is 31.2. The highest BCUT2D eigenvalue weighted by molar-refractivity contribution is 7.47. The van der Waals surface area contributed by atoms with Crippen molar-refractivity contribution in [3.05, 3.63) is 182 Å². The fourth-order valence-electron chi connectivity index (χ4n) is 10.5. The zero-order chi connectivity index (χ0) is 80.3. The summed E-state index contributed by atoms with van der Waals surface area (Å²) < 4.78 is 68.6. The number of carbonyl (C=O) groups excluding carboxylic acids is 4. The van der Waals surface area contributed by atoms with Gasteiger partial charge in [-0.05, 0) is 167 Å². The maximum Gasteiger partial charge on any atom is 0.472 e. The molecule has 0 rings (SSSR count). The molecule has 0 aromatic carbocycles. The summed E-state index contributed by atoms with van der Waals surface area (Å²) in [5, 5.41) is 10.7. The molecule has 0 aliphatic rings. The van der Waals surface area contributed by atoms with Crippen LogP contribution >= 0.6 is 15.6 Å². The van der Waals surface area contributed by atoms with Crippen molar-refractivity contribution in [2.24, 2.45) is 0 Å². The third-order valence-electron chi connectivity index (χ3n) is 16.9. The van der Waals surface area contributed by atoms with Gasteiger partial charge in [-0.2, -0.15) is 0 Å². The zero-order valence-corrected chi connectivity index (χ0v) is 70.1. The Morgan fingerprint density at radius 3 is 0.809 bits per heavy atom. The van der Waals surface area contributed by atoms with Gasteiger partial charge >= 0.3 is 39.5 Å². The van der Waals surface area contributed by atoms with Crippen molar-refractivity contribution in [3.8, 4) is 0 Å². The number of aliphatic hydroxyl groups is 1. The number of allylic oxidation sites excluding steroid dienone is 29. The molecule has 19 heteroatoms. The zero-order valence-electron chi connectivity index (χ0n) is 68.4. The van der Waals surface area contributed by atoms with Gasteiger partial charge in [0.2, 0.25) is 0 Å². The summed E-state index contributed by atoms with van der Waals surface area (Å²) >= 11 is 0. The van der Waals surface area contributed by atoms with Crippen LogP contribution in [0.25, 0.3) is 0 Å². The van der Waals surface area contributed by atoms with E-state index in [0.29, 0.717) is 25.7 Å². The molecule has 0 bridgehead atoms. The Hall–Kier alpha value is -5.84. The van der Waals surface area contributed by atoms with Gasteiger partial charge in [-0.1, -0.05) is 300 Å². The van der Waals surface area contributed by atoms with Crippen LogP contribution in [0.5, 0.6) is 0 Å². The SMILES string of the molecule is CC/C=C\C/C=C\C/C=C\C/C=C\C/C=C\CC(=O)OC(COC(=O)CCCCCC/C=C\C/C=C\C/C=C\C/C=C\CC)COP(=O)(O)OCC(O)COP(=O)(O)OCC(COC(=O)CCCCCCCC/C=C\C/C=C\C/C=C\CCCCC)OC(=O)CCCCCCCC/C=C\C/C=C\C/C=C\CCCCC. The highest BCUT2D eigenvalue weighted by Crippen LogP contribution is 2.45. The molecule has 110 heavy (non-hydrogen) atoms. The van der Waals surface area contributed by atoms with Crippen molar-refractivity contribution in [2.75, 3.05) is 39.6 Å². The smallest absolute Gasteiger partial charge is 0.462 e. The fourth-order valence-corrected chi connectivity index (χ4v) is 12.1. The van der Waals surface area contributed by atoms with Gasteiger partial charge in [-0.25, -0.2) is 9.13 Å². The van der Waals surface area contributed by atoms with Crippen LogP contribution in [-0.4, -0.2) is 96.7 Å². The molecule has 0 heterocycles. The molecule has 17 nitrogen and oxygen atoms in total. The Kier molecular flexibility index (Phi) is 76.9. The molecule has 0 aliphatic heterocycles. The molecule has 0 spiro atoms. The van der Waals surface area contributed by atoms with Crippen molar-refractivity contribution in [2.45, 2.75) is 329 Å². The summed E-state index contributed by atoms with van der Waals surface area (Å²) in [6.45, 7) is 4.42. The van der Waals surface area contributed by atoms with E-state index in [2.05, 4.69) is 186 Å². The van der Waals surface area contributed by atoms with Gasteiger partial charge in [0.15, 0.2) is 12.2 Å². The Bertz CT molecular complexity index is 2800. The first-order valence-electron chi connectivity index (χ1n) is 42.0. The number of ether oxygens (including phenoxy) is 4. The Morgan fingerprint density at radius 2 is 0.509 bits per heavy atom. The van der Waals surface area contributed by atoms with Crippen LogP contribution in [0.15, 0.2) is 182 Å². The molecule has 5 unspecified atom stereocenters. The molecule has 3 N–H and O–H groups in total. The van der Waals surface area contributed by atoms with E-state index >= 15 is 0 Å². The molecule has 0 aliphatic carbocycles. The predicted octanol–water partition coefficient (Wildman–Crippen LogP) is 25.1. The second kappa shape index (κ2) is 81.2. The average Bonchev–Trinajstić information content (AvgIpc) is 0.907. The van der Waals surface area contributed by atoms with Crippen molar-refractivity contribution >= 4 is 39.5 Å².